The van der Waals surface area contributed by atoms with Crippen LogP contribution in [0.3, 0.4) is 0 Å². The van der Waals surface area contributed by atoms with Gasteiger partial charge in [-0.1, -0.05) is 0 Å². The standard InChI is InChI=1S/C11H10FNO/c1-7(14)11-6-8-5-9(12)3-4-10(8)13(11)2/h3-6H,1-2H3. The third-order valence-corrected chi connectivity index (χ3v) is 2.37. The number of halogens is 1. The van der Waals surface area contributed by atoms with Crippen molar-refractivity contribution in [3.8, 4) is 0 Å². The molecule has 0 N–H and O–H groups in total. The van der Waals surface area contributed by atoms with Gasteiger partial charge in [0.05, 0.1) is 5.69 Å². The van der Waals surface area contributed by atoms with Crippen LogP contribution in [0.15, 0.2) is 24.3 Å². The molecule has 0 spiro atoms. The lowest BCUT2D eigenvalue weighted by molar-refractivity contribution is 0.101. The van der Waals surface area contributed by atoms with Crippen molar-refractivity contribution >= 4 is 16.7 Å². The van der Waals surface area contributed by atoms with Gasteiger partial charge in [-0.25, -0.2) is 4.39 Å². The Labute approximate surface area is 81.0 Å². The molecule has 0 fully saturated rings. The summed E-state index contributed by atoms with van der Waals surface area (Å²) in [4.78, 5) is 11.2. The summed E-state index contributed by atoms with van der Waals surface area (Å²) in [5.41, 5.74) is 1.47. The first-order valence-corrected chi connectivity index (χ1v) is 4.35. The van der Waals surface area contributed by atoms with E-state index in [9.17, 15) is 9.18 Å². The van der Waals surface area contributed by atoms with E-state index in [0.717, 1.165) is 10.9 Å². The molecule has 0 unspecified atom stereocenters. The fraction of sp³-hybridized carbons (Fsp3) is 0.182. The second-order valence-electron chi connectivity index (χ2n) is 3.35. The lowest BCUT2D eigenvalue weighted by Crippen LogP contribution is -2.00. The molecule has 0 atom stereocenters. The van der Waals surface area contributed by atoms with E-state index in [-0.39, 0.29) is 11.6 Å². The zero-order chi connectivity index (χ0) is 10.3. The topological polar surface area (TPSA) is 22.0 Å². The highest BCUT2D eigenvalue weighted by Crippen LogP contribution is 2.19. The largest absolute Gasteiger partial charge is 0.341 e. The smallest absolute Gasteiger partial charge is 0.176 e. The van der Waals surface area contributed by atoms with E-state index in [1.165, 1.54) is 19.1 Å². The SMILES string of the molecule is CC(=O)c1cc2cc(F)ccc2n1C. The van der Waals surface area contributed by atoms with Crippen LogP contribution in [-0.4, -0.2) is 10.4 Å². The Kier molecular flexibility index (Phi) is 1.88. The number of hydrogen-bond acceptors (Lipinski definition) is 1. The quantitative estimate of drug-likeness (QED) is 0.635. The van der Waals surface area contributed by atoms with Crippen LogP contribution in [0.1, 0.15) is 17.4 Å². The summed E-state index contributed by atoms with van der Waals surface area (Å²) in [6.07, 6.45) is 0. The van der Waals surface area contributed by atoms with Crippen molar-refractivity contribution in [1.29, 1.82) is 0 Å². The molecule has 0 radical (unpaired) electrons. The fourth-order valence-electron chi connectivity index (χ4n) is 1.66. The van der Waals surface area contributed by atoms with Gasteiger partial charge in [-0.05, 0) is 24.3 Å². The third-order valence-electron chi connectivity index (χ3n) is 2.37. The first-order chi connectivity index (χ1) is 6.59. The second-order valence-corrected chi connectivity index (χ2v) is 3.35. The Balaban J connectivity index is 2.79. The van der Waals surface area contributed by atoms with Crippen molar-refractivity contribution in [2.24, 2.45) is 7.05 Å². The van der Waals surface area contributed by atoms with E-state index < -0.39 is 0 Å². The number of aromatic nitrogens is 1. The van der Waals surface area contributed by atoms with Gasteiger partial charge in [0.25, 0.3) is 0 Å². The number of hydrogen-bond donors (Lipinski definition) is 0. The molecule has 14 heavy (non-hydrogen) atoms. The molecule has 0 bridgehead atoms. The molecule has 0 aliphatic rings. The van der Waals surface area contributed by atoms with Gasteiger partial charge < -0.3 is 4.57 Å². The first-order valence-electron chi connectivity index (χ1n) is 4.35. The molecule has 2 nitrogen and oxygen atoms in total. The maximum absolute atomic E-state index is 12.9. The molecule has 2 aromatic rings. The van der Waals surface area contributed by atoms with Crippen molar-refractivity contribution in [3.05, 3.63) is 35.8 Å². The molecule has 2 rings (SSSR count). The van der Waals surface area contributed by atoms with Crippen molar-refractivity contribution in [1.82, 2.24) is 4.57 Å². The van der Waals surface area contributed by atoms with Crippen LogP contribution in [-0.2, 0) is 7.05 Å². The molecular formula is C11H10FNO. The molecule has 72 valence electrons. The highest BCUT2D eigenvalue weighted by molar-refractivity contribution is 5.98. The summed E-state index contributed by atoms with van der Waals surface area (Å²) in [7, 11) is 1.80. The number of fused-ring (bicyclic) bond motifs is 1. The van der Waals surface area contributed by atoms with Gasteiger partial charge in [-0.2, -0.15) is 0 Å². The maximum Gasteiger partial charge on any atom is 0.176 e. The fourth-order valence-corrected chi connectivity index (χ4v) is 1.66. The zero-order valence-electron chi connectivity index (χ0n) is 8.04. The van der Waals surface area contributed by atoms with E-state index in [1.54, 1.807) is 23.7 Å². The average Bonchev–Trinajstić information content (AvgIpc) is 2.43. The van der Waals surface area contributed by atoms with Crippen LogP contribution in [0.2, 0.25) is 0 Å². The maximum atomic E-state index is 12.9. The Morgan fingerprint density at radius 3 is 2.71 bits per heavy atom. The number of ketones is 1. The van der Waals surface area contributed by atoms with Crippen molar-refractivity contribution in [2.45, 2.75) is 6.92 Å². The summed E-state index contributed by atoms with van der Waals surface area (Å²) < 4.78 is 14.7. The van der Waals surface area contributed by atoms with Crippen LogP contribution in [0, 0.1) is 5.82 Å². The van der Waals surface area contributed by atoms with E-state index in [4.69, 9.17) is 0 Å². The third kappa shape index (κ3) is 1.21. The number of benzene rings is 1. The summed E-state index contributed by atoms with van der Waals surface area (Å²) in [6, 6.07) is 6.21. The second kappa shape index (κ2) is 2.94. The first kappa shape index (κ1) is 8.94. The minimum Gasteiger partial charge on any atom is -0.341 e. The zero-order valence-corrected chi connectivity index (χ0v) is 8.04. The number of carbonyl (C=O) groups excluding carboxylic acids is 1. The van der Waals surface area contributed by atoms with Crippen molar-refractivity contribution in [2.75, 3.05) is 0 Å². The molecule has 0 aliphatic heterocycles. The lowest BCUT2D eigenvalue weighted by atomic mass is 10.2. The van der Waals surface area contributed by atoms with Crippen LogP contribution >= 0.6 is 0 Å². The van der Waals surface area contributed by atoms with E-state index in [0.29, 0.717) is 5.69 Å². The van der Waals surface area contributed by atoms with E-state index in [2.05, 4.69) is 0 Å². The highest BCUT2D eigenvalue weighted by atomic mass is 19.1. The molecule has 0 amide bonds. The normalized spacial score (nSPS) is 10.8. The van der Waals surface area contributed by atoms with Crippen LogP contribution in [0.5, 0.6) is 0 Å². The number of nitrogens with zero attached hydrogens (tertiary/aromatic N) is 1. The Bertz CT molecular complexity index is 513. The van der Waals surface area contributed by atoms with E-state index in [1.807, 2.05) is 0 Å². The van der Waals surface area contributed by atoms with Gasteiger partial charge in [-0.15, -0.1) is 0 Å². The van der Waals surface area contributed by atoms with Gasteiger partial charge in [0.1, 0.15) is 5.82 Å². The number of rotatable bonds is 1. The molecule has 0 saturated heterocycles. The molecule has 0 aliphatic carbocycles. The Morgan fingerprint density at radius 1 is 1.36 bits per heavy atom. The minimum atomic E-state index is -0.279. The number of Topliss-reactive ketones (excluding diaryl/α,β-unsaturated/α-hetero) is 1. The van der Waals surface area contributed by atoms with E-state index >= 15 is 0 Å². The van der Waals surface area contributed by atoms with Gasteiger partial charge in [0, 0.05) is 24.9 Å². The van der Waals surface area contributed by atoms with Gasteiger partial charge in [0.2, 0.25) is 0 Å². The van der Waals surface area contributed by atoms with Crippen molar-refractivity contribution < 1.29 is 9.18 Å². The van der Waals surface area contributed by atoms with Crippen LogP contribution in [0.25, 0.3) is 10.9 Å². The van der Waals surface area contributed by atoms with Gasteiger partial charge in [-0.3, -0.25) is 4.79 Å². The van der Waals surface area contributed by atoms with Crippen LogP contribution < -0.4 is 0 Å². The molecule has 1 aromatic heterocycles. The average molecular weight is 191 g/mol. The number of carbonyl (C=O) groups is 1. The monoisotopic (exact) mass is 191 g/mol. The predicted octanol–water partition coefficient (Wildman–Crippen LogP) is 2.52. The predicted molar refractivity (Wildman–Crippen MR) is 52.9 cm³/mol. The van der Waals surface area contributed by atoms with Crippen LogP contribution in [0.4, 0.5) is 4.39 Å². The Hall–Kier alpha value is -1.64. The minimum absolute atomic E-state index is 0.0101. The number of aryl methyl sites for hydroxylation is 1. The van der Waals surface area contributed by atoms with Gasteiger partial charge in [0.15, 0.2) is 5.78 Å². The highest BCUT2D eigenvalue weighted by Gasteiger charge is 2.09. The summed E-state index contributed by atoms with van der Waals surface area (Å²) >= 11 is 0. The Morgan fingerprint density at radius 2 is 2.07 bits per heavy atom. The summed E-state index contributed by atoms with van der Waals surface area (Å²) in [5.74, 6) is -0.290. The summed E-state index contributed by atoms with van der Waals surface area (Å²) in [6.45, 7) is 1.50. The summed E-state index contributed by atoms with van der Waals surface area (Å²) in [5, 5.41) is 0.762. The molecule has 0 saturated carbocycles. The molecule has 1 heterocycles. The molecule has 1 aromatic carbocycles. The van der Waals surface area contributed by atoms with Crippen molar-refractivity contribution in [3.63, 3.8) is 0 Å². The molecular weight excluding hydrogens is 181 g/mol. The van der Waals surface area contributed by atoms with Gasteiger partial charge >= 0.3 is 0 Å². The lowest BCUT2D eigenvalue weighted by Gasteiger charge is -1.99. The molecule has 3 heteroatoms.